The molecule has 0 unspecified atom stereocenters. The molecule has 140 valence electrons. The Labute approximate surface area is 168 Å². The molecular formula is C21H21NO3S2. The second-order valence-corrected chi connectivity index (χ2v) is 7.96. The Bertz CT molecular complexity index is 902. The van der Waals surface area contributed by atoms with Crippen molar-refractivity contribution < 1.29 is 14.3 Å². The van der Waals surface area contributed by atoms with Crippen molar-refractivity contribution in [2.24, 2.45) is 0 Å². The van der Waals surface area contributed by atoms with Gasteiger partial charge in [0.25, 0.3) is 5.91 Å². The highest BCUT2D eigenvalue weighted by atomic mass is 32.2. The van der Waals surface area contributed by atoms with E-state index in [-0.39, 0.29) is 11.9 Å². The molecule has 1 fully saturated rings. The fraction of sp³-hybridized carbons (Fsp3) is 0.286. The van der Waals surface area contributed by atoms with Crippen LogP contribution in [0.4, 0.5) is 0 Å². The summed E-state index contributed by atoms with van der Waals surface area (Å²) in [5.74, 6) is -0.232. The first-order valence-electron chi connectivity index (χ1n) is 8.90. The number of fused-ring (bicyclic) bond motifs is 1. The predicted octanol–water partition coefficient (Wildman–Crippen LogP) is 4.77. The number of esters is 1. The van der Waals surface area contributed by atoms with E-state index >= 15 is 0 Å². The number of ether oxygens (including phenoxy) is 1. The van der Waals surface area contributed by atoms with E-state index in [0.29, 0.717) is 22.2 Å². The Morgan fingerprint density at radius 3 is 2.74 bits per heavy atom. The van der Waals surface area contributed by atoms with E-state index in [1.807, 2.05) is 30.3 Å². The molecule has 0 atom stereocenters. The van der Waals surface area contributed by atoms with Crippen molar-refractivity contribution in [2.75, 3.05) is 13.7 Å². The Balaban J connectivity index is 1.65. The Hall–Kier alpha value is -2.18. The molecule has 2 aromatic carbocycles. The highest BCUT2D eigenvalue weighted by Crippen LogP contribution is 2.34. The zero-order valence-electron chi connectivity index (χ0n) is 15.1. The molecule has 1 heterocycles. The van der Waals surface area contributed by atoms with Gasteiger partial charge in [-0.3, -0.25) is 14.5 Å². The molecule has 0 aliphatic carbocycles. The van der Waals surface area contributed by atoms with Crippen molar-refractivity contribution in [1.29, 1.82) is 0 Å². The lowest BCUT2D eigenvalue weighted by Gasteiger charge is -2.13. The van der Waals surface area contributed by atoms with Gasteiger partial charge in [0, 0.05) is 13.0 Å². The Kier molecular flexibility index (Phi) is 6.63. The monoisotopic (exact) mass is 399 g/mol. The lowest BCUT2D eigenvalue weighted by molar-refractivity contribution is -0.140. The van der Waals surface area contributed by atoms with Crippen molar-refractivity contribution >= 4 is 57.0 Å². The van der Waals surface area contributed by atoms with Gasteiger partial charge in [0.2, 0.25) is 0 Å². The minimum atomic E-state index is -0.196. The molecule has 0 spiro atoms. The van der Waals surface area contributed by atoms with E-state index in [1.54, 1.807) is 4.90 Å². The average molecular weight is 400 g/mol. The molecule has 4 nitrogen and oxygen atoms in total. The molecule has 1 aliphatic heterocycles. The zero-order valence-corrected chi connectivity index (χ0v) is 16.8. The lowest BCUT2D eigenvalue weighted by atomic mass is 10.0. The minimum absolute atomic E-state index is 0.0362. The number of hydrogen-bond acceptors (Lipinski definition) is 5. The SMILES string of the molecule is COC(=O)CCCCCN1C(=O)/C(=C/c2cccc3ccccc23)SC1=S. The summed E-state index contributed by atoms with van der Waals surface area (Å²) >= 11 is 6.75. The molecule has 1 aliphatic rings. The zero-order chi connectivity index (χ0) is 19.2. The molecule has 3 rings (SSSR count). The molecule has 27 heavy (non-hydrogen) atoms. The summed E-state index contributed by atoms with van der Waals surface area (Å²) in [4.78, 5) is 26.2. The van der Waals surface area contributed by atoms with Crippen molar-refractivity contribution in [1.82, 2.24) is 4.90 Å². The lowest BCUT2D eigenvalue weighted by Crippen LogP contribution is -2.29. The molecule has 0 aromatic heterocycles. The van der Waals surface area contributed by atoms with E-state index in [1.165, 1.54) is 18.9 Å². The summed E-state index contributed by atoms with van der Waals surface area (Å²) in [7, 11) is 1.39. The van der Waals surface area contributed by atoms with Crippen LogP contribution < -0.4 is 0 Å². The van der Waals surface area contributed by atoms with Gasteiger partial charge < -0.3 is 4.74 Å². The van der Waals surface area contributed by atoms with E-state index in [2.05, 4.69) is 22.9 Å². The number of carbonyl (C=O) groups excluding carboxylic acids is 2. The number of carbonyl (C=O) groups is 2. The van der Waals surface area contributed by atoms with E-state index in [4.69, 9.17) is 12.2 Å². The number of amides is 1. The topological polar surface area (TPSA) is 46.6 Å². The standard InChI is InChI=1S/C21H21NO3S2/c1-25-19(23)12-3-2-6-13-22-20(24)18(27-21(22)26)14-16-10-7-9-15-8-4-5-11-17(15)16/h4-5,7-11,14H,2-3,6,12-13H2,1H3/b18-14-. The van der Waals surface area contributed by atoms with Crippen LogP contribution in [0.3, 0.4) is 0 Å². The van der Waals surface area contributed by atoms with Crippen LogP contribution in [0.25, 0.3) is 16.8 Å². The fourth-order valence-corrected chi connectivity index (χ4v) is 4.33. The average Bonchev–Trinajstić information content (AvgIpc) is 2.95. The third-order valence-corrected chi connectivity index (χ3v) is 5.85. The van der Waals surface area contributed by atoms with Crippen LogP contribution in [0.15, 0.2) is 47.4 Å². The van der Waals surface area contributed by atoms with Gasteiger partial charge in [0.1, 0.15) is 4.32 Å². The van der Waals surface area contributed by atoms with Crippen LogP contribution in [0.2, 0.25) is 0 Å². The van der Waals surface area contributed by atoms with E-state index in [0.717, 1.165) is 35.6 Å². The molecule has 2 aromatic rings. The van der Waals surface area contributed by atoms with E-state index in [9.17, 15) is 9.59 Å². The van der Waals surface area contributed by atoms with E-state index < -0.39 is 0 Å². The molecular weight excluding hydrogens is 378 g/mol. The maximum Gasteiger partial charge on any atom is 0.305 e. The summed E-state index contributed by atoms with van der Waals surface area (Å²) in [6.45, 7) is 0.582. The number of unbranched alkanes of at least 4 members (excludes halogenated alkanes) is 2. The highest BCUT2D eigenvalue weighted by Gasteiger charge is 2.31. The largest absolute Gasteiger partial charge is 0.469 e. The van der Waals surface area contributed by atoms with Gasteiger partial charge in [0.15, 0.2) is 0 Å². The number of benzene rings is 2. The van der Waals surface area contributed by atoms with Crippen LogP contribution in [0.5, 0.6) is 0 Å². The van der Waals surface area contributed by atoms with Gasteiger partial charge in [0.05, 0.1) is 12.0 Å². The first-order chi connectivity index (χ1) is 13.1. The highest BCUT2D eigenvalue weighted by molar-refractivity contribution is 8.26. The van der Waals surface area contributed by atoms with Gasteiger partial charge in [-0.25, -0.2) is 0 Å². The minimum Gasteiger partial charge on any atom is -0.469 e. The maximum absolute atomic E-state index is 12.7. The summed E-state index contributed by atoms with van der Waals surface area (Å²) < 4.78 is 5.23. The van der Waals surface area contributed by atoms with Crippen LogP contribution in [0, 0.1) is 0 Å². The summed E-state index contributed by atoms with van der Waals surface area (Å²) in [6, 6.07) is 14.2. The molecule has 1 saturated heterocycles. The third kappa shape index (κ3) is 4.76. The predicted molar refractivity (Wildman–Crippen MR) is 114 cm³/mol. The summed E-state index contributed by atoms with van der Waals surface area (Å²) in [6.07, 6.45) is 4.77. The first kappa shape index (κ1) is 19.6. The summed E-state index contributed by atoms with van der Waals surface area (Å²) in [5.41, 5.74) is 1.02. The Morgan fingerprint density at radius 1 is 1.15 bits per heavy atom. The van der Waals surface area contributed by atoms with Crippen molar-refractivity contribution in [3.63, 3.8) is 0 Å². The summed E-state index contributed by atoms with van der Waals surface area (Å²) in [5, 5.41) is 2.26. The van der Waals surface area contributed by atoms with Crippen molar-refractivity contribution in [3.8, 4) is 0 Å². The second kappa shape index (κ2) is 9.15. The smallest absolute Gasteiger partial charge is 0.305 e. The normalized spacial score (nSPS) is 15.7. The van der Waals surface area contributed by atoms with Gasteiger partial charge in [-0.1, -0.05) is 72.9 Å². The van der Waals surface area contributed by atoms with Gasteiger partial charge in [-0.05, 0) is 35.3 Å². The van der Waals surface area contributed by atoms with Crippen LogP contribution in [-0.2, 0) is 14.3 Å². The van der Waals surface area contributed by atoms with Crippen LogP contribution in [-0.4, -0.2) is 34.8 Å². The number of rotatable bonds is 7. The van der Waals surface area contributed by atoms with Crippen molar-refractivity contribution in [3.05, 3.63) is 52.9 Å². The molecule has 1 amide bonds. The number of methoxy groups -OCH3 is 1. The van der Waals surface area contributed by atoms with Gasteiger partial charge in [-0.2, -0.15) is 0 Å². The molecule has 0 saturated carbocycles. The number of nitrogens with zero attached hydrogens (tertiary/aromatic N) is 1. The molecule has 0 N–H and O–H groups in total. The number of thioether (sulfide) groups is 1. The van der Waals surface area contributed by atoms with Crippen molar-refractivity contribution in [2.45, 2.75) is 25.7 Å². The quantitative estimate of drug-likeness (QED) is 0.290. The molecule has 6 heteroatoms. The van der Waals surface area contributed by atoms with Crippen LogP contribution >= 0.6 is 24.0 Å². The van der Waals surface area contributed by atoms with Crippen LogP contribution in [0.1, 0.15) is 31.2 Å². The number of thiocarbonyl (C=S) groups is 1. The fourth-order valence-electron chi connectivity index (χ4n) is 3.03. The maximum atomic E-state index is 12.7. The number of hydrogen-bond donors (Lipinski definition) is 0. The van der Waals surface area contributed by atoms with Gasteiger partial charge >= 0.3 is 5.97 Å². The Morgan fingerprint density at radius 2 is 1.93 bits per heavy atom. The second-order valence-electron chi connectivity index (χ2n) is 6.29. The first-order valence-corrected chi connectivity index (χ1v) is 10.1. The van der Waals surface area contributed by atoms with Gasteiger partial charge in [-0.15, -0.1) is 0 Å². The third-order valence-electron chi connectivity index (χ3n) is 4.47. The molecule has 0 radical (unpaired) electrons. The molecule has 0 bridgehead atoms.